The van der Waals surface area contributed by atoms with Gasteiger partial charge in [-0.1, -0.05) is 18.2 Å². The summed E-state index contributed by atoms with van der Waals surface area (Å²) in [7, 11) is 3.07. The fraction of sp³-hybridized carbons (Fsp3) is 0.238. The lowest BCUT2D eigenvalue weighted by Crippen LogP contribution is -2.35. The van der Waals surface area contributed by atoms with Crippen molar-refractivity contribution in [1.82, 2.24) is 4.90 Å². The molecule has 1 aliphatic heterocycles. The van der Waals surface area contributed by atoms with E-state index in [1.807, 2.05) is 0 Å². The highest BCUT2D eigenvalue weighted by Gasteiger charge is 2.29. The Balaban J connectivity index is 1.85. The van der Waals surface area contributed by atoms with E-state index in [0.717, 1.165) is 5.56 Å². The Kier molecular flexibility index (Phi) is 5.54. The monoisotopic (exact) mass is 369 g/mol. The summed E-state index contributed by atoms with van der Waals surface area (Å²) in [6, 6.07) is 10.7. The molecule has 6 heteroatoms. The van der Waals surface area contributed by atoms with Crippen LogP contribution in [-0.4, -0.2) is 30.8 Å². The fourth-order valence-corrected chi connectivity index (χ4v) is 3.13. The molecule has 0 aliphatic carbocycles. The van der Waals surface area contributed by atoms with E-state index < -0.39 is 11.9 Å². The molecule has 2 aromatic rings. The first-order valence-corrected chi connectivity index (χ1v) is 8.50. The minimum absolute atomic E-state index is 0.0978. The summed E-state index contributed by atoms with van der Waals surface area (Å²) >= 11 is 0. The number of halogens is 1. The van der Waals surface area contributed by atoms with E-state index in [1.54, 1.807) is 37.4 Å². The first kappa shape index (κ1) is 18.6. The minimum atomic E-state index is -0.522. The predicted octanol–water partition coefficient (Wildman–Crippen LogP) is 3.44. The number of ether oxygens (including phenoxy) is 2. The summed E-state index contributed by atoms with van der Waals surface area (Å²) in [5.41, 5.74) is 1.34. The van der Waals surface area contributed by atoms with Gasteiger partial charge in [0.2, 0.25) is 5.91 Å². The van der Waals surface area contributed by atoms with Gasteiger partial charge in [0, 0.05) is 12.6 Å². The maximum absolute atomic E-state index is 13.6. The molecule has 0 unspecified atom stereocenters. The molecule has 0 saturated heterocycles. The molecular formula is C21H20FNO4. The maximum Gasteiger partial charge on any atom is 0.231 e. The molecule has 1 atom stereocenters. The maximum atomic E-state index is 13.6. The van der Waals surface area contributed by atoms with E-state index in [0.29, 0.717) is 17.1 Å². The quantitative estimate of drug-likeness (QED) is 0.810. The van der Waals surface area contributed by atoms with E-state index in [2.05, 4.69) is 0 Å². The lowest BCUT2D eigenvalue weighted by atomic mass is 9.96. The molecule has 0 aromatic heterocycles. The highest BCUT2D eigenvalue weighted by atomic mass is 19.1. The first-order chi connectivity index (χ1) is 13.0. The predicted molar refractivity (Wildman–Crippen MR) is 98.0 cm³/mol. The van der Waals surface area contributed by atoms with Gasteiger partial charge in [-0.3, -0.25) is 9.59 Å². The second-order valence-corrected chi connectivity index (χ2v) is 6.22. The van der Waals surface area contributed by atoms with Crippen molar-refractivity contribution in [1.29, 1.82) is 0 Å². The van der Waals surface area contributed by atoms with Crippen LogP contribution in [-0.2, 0) is 16.0 Å². The molecule has 5 nitrogen and oxygen atoms in total. The third-order valence-corrected chi connectivity index (χ3v) is 4.48. The number of amides is 1. The normalized spacial score (nSPS) is 16.3. The topological polar surface area (TPSA) is 55.8 Å². The van der Waals surface area contributed by atoms with Gasteiger partial charge in [-0.2, -0.15) is 0 Å². The molecule has 0 N–H and O–H groups in total. The average Bonchev–Trinajstić information content (AvgIpc) is 2.67. The van der Waals surface area contributed by atoms with Gasteiger partial charge in [-0.05, 0) is 41.5 Å². The second-order valence-electron chi connectivity index (χ2n) is 6.22. The van der Waals surface area contributed by atoms with E-state index in [9.17, 15) is 14.0 Å². The van der Waals surface area contributed by atoms with Gasteiger partial charge in [-0.15, -0.1) is 0 Å². The summed E-state index contributed by atoms with van der Waals surface area (Å²) < 4.78 is 24.1. The Labute approximate surface area is 157 Å². The van der Waals surface area contributed by atoms with Gasteiger partial charge in [0.25, 0.3) is 0 Å². The van der Waals surface area contributed by atoms with Crippen LogP contribution in [0.3, 0.4) is 0 Å². The van der Waals surface area contributed by atoms with Crippen molar-refractivity contribution >= 4 is 11.7 Å². The van der Waals surface area contributed by atoms with Crippen molar-refractivity contribution in [3.8, 4) is 11.5 Å². The lowest BCUT2D eigenvalue weighted by Gasteiger charge is -2.31. The zero-order valence-corrected chi connectivity index (χ0v) is 15.1. The van der Waals surface area contributed by atoms with Crippen molar-refractivity contribution in [3.63, 3.8) is 0 Å². The van der Waals surface area contributed by atoms with E-state index >= 15 is 0 Å². The summed E-state index contributed by atoms with van der Waals surface area (Å²) in [5, 5.41) is 0. The average molecular weight is 369 g/mol. The number of hydrogen-bond acceptors (Lipinski definition) is 4. The highest BCUT2D eigenvalue weighted by Crippen LogP contribution is 2.31. The van der Waals surface area contributed by atoms with Crippen LogP contribution in [0.15, 0.2) is 54.7 Å². The van der Waals surface area contributed by atoms with Crippen molar-refractivity contribution in [2.75, 3.05) is 14.2 Å². The van der Waals surface area contributed by atoms with E-state index in [1.165, 1.54) is 36.4 Å². The van der Waals surface area contributed by atoms with Crippen LogP contribution in [0, 0.1) is 5.82 Å². The Morgan fingerprint density at radius 2 is 1.93 bits per heavy atom. The van der Waals surface area contributed by atoms with Gasteiger partial charge in [0.1, 0.15) is 5.82 Å². The lowest BCUT2D eigenvalue weighted by molar-refractivity contribution is -0.131. The van der Waals surface area contributed by atoms with Crippen LogP contribution in [0.5, 0.6) is 11.5 Å². The Bertz CT molecular complexity index is 894. The van der Waals surface area contributed by atoms with Crippen molar-refractivity contribution in [3.05, 3.63) is 71.7 Å². The number of rotatable bonds is 5. The van der Waals surface area contributed by atoms with Crippen LogP contribution in [0.4, 0.5) is 4.39 Å². The van der Waals surface area contributed by atoms with Gasteiger partial charge in [0.05, 0.1) is 26.7 Å². The summed E-state index contributed by atoms with van der Waals surface area (Å²) in [6.45, 7) is 0. The molecule has 0 saturated carbocycles. The Hall–Kier alpha value is -3.15. The molecule has 1 aliphatic rings. The third-order valence-electron chi connectivity index (χ3n) is 4.48. The highest BCUT2D eigenvalue weighted by molar-refractivity contribution is 5.93. The second kappa shape index (κ2) is 8.03. The van der Waals surface area contributed by atoms with Crippen LogP contribution < -0.4 is 9.47 Å². The smallest absolute Gasteiger partial charge is 0.231 e. The number of carbonyl (C=O) groups excluding carboxylic acids is 2. The molecule has 2 aromatic carbocycles. The minimum Gasteiger partial charge on any atom is -0.493 e. The van der Waals surface area contributed by atoms with Gasteiger partial charge < -0.3 is 14.4 Å². The SMILES string of the molecule is COc1ccc(CC(=O)N2C=CC(=O)C[C@H]2c2cccc(F)c2)cc1OC. The Morgan fingerprint density at radius 1 is 1.15 bits per heavy atom. The molecule has 27 heavy (non-hydrogen) atoms. The van der Waals surface area contributed by atoms with Crippen molar-refractivity contribution < 1.29 is 23.5 Å². The first-order valence-electron chi connectivity index (χ1n) is 8.50. The standard InChI is InChI=1S/C21H20FNO4/c1-26-19-7-6-14(10-20(19)27-2)11-21(25)23-9-8-17(24)13-18(23)15-4-3-5-16(22)12-15/h3-10,12,18H,11,13H2,1-2H3/t18-/m0/s1. The Morgan fingerprint density at radius 3 is 2.63 bits per heavy atom. The number of carbonyl (C=O) groups is 2. The molecule has 140 valence electrons. The van der Waals surface area contributed by atoms with E-state index in [4.69, 9.17) is 9.47 Å². The molecule has 0 spiro atoms. The zero-order valence-electron chi connectivity index (χ0n) is 15.1. The van der Waals surface area contributed by atoms with Crippen LogP contribution in [0.2, 0.25) is 0 Å². The van der Waals surface area contributed by atoms with Gasteiger partial charge >= 0.3 is 0 Å². The summed E-state index contributed by atoms with van der Waals surface area (Å²) in [5.74, 6) is 0.421. The van der Waals surface area contributed by atoms with Crippen molar-refractivity contribution in [2.24, 2.45) is 0 Å². The summed E-state index contributed by atoms with van der Waals surface area (Å²) in [4.78, 5) is 26.3. The largest absolute Gasteiger partial charge is 0.493 e. The number of allylic oxidation sites excluding steroid dienone is 1. The molecule has 3 rings (SSSR count). The molecular weight excluding hydrogens is 349 g/mol. The number of hydrogen-bond donors (Lipinski definition) is 0. The van der Waals surface area contributed by atoms with Gasteiger partial charge in [-0.25, -0.2) is 4.39 Å². The van der Waals surface area contributed by atoms with Crippen LogP contribution >= 0.6 is 0 Å². The molecule has 0 radical (unpaired) electrons. The molecule has 0 bridgehead atoms. The zero-order chi connectivity index (χ0) is 19.4. The van der Waals surface area contributed by atoms with Crippen LogP contribution in [0.25, 0.3) is 0 Å². The number of methoxy groups -OCH3 is 2. The molecule has 1 amide bonds. The third kappa shape index (κ3) is 4.16. The van der Waals surface area contributed by atoms with Crippen molar-refractivity contribution in [2.45, 2.75) is 18.9 Å². The fourth-order valence-electron chi connectivity index (χ4n) is 3.13. The summed E-state index contributed by atoms with van der Waals surface area (Å²) in [6.07, 6.45) is 3.09. The molecule has 1 heterocycles. The van der Waals surface area contributed by atoms with E-state index in [-0.39, 0.29) is 24.5 Å². The van der Waals surface area contributed by atoms with Gasteiger partial charge in [0.15, 0.2) is 17.3 Å². The number of ketones is 1. The van der Waals surface area contributed by atoms with Crippen LogP contribution in [0.1, 0.15) is 23.6 Å². The number of nitrogens with zero attached hydrogens (tertiary/aromatic N) is 1. The number of benzene rings is 2. The molecule has 0 fully saturated rings.